The van der Waals surface area contributed by atoms with Gasteiger partial charge in [-0.2, -0.15) is 0 Å². The number of halogens is 1. The number of carboxylic acid groups (broad SMARTS) is 1. The highest BCUT2D eigenvalue weighted by Gasteiger charge is 2.28. The Balaban J connectivity index is 2.06. The van der Waals surface area contributed by atoms with Crippen molar-refractivity contribution < 1.29 is 24.5 Å². The molecule has 0 fully saturated rings. The first kappa shape index (κ1) is 16.8. The molecule has 22 heavy (non-hydrogen) atoms. The highest BCUT2D eigenvalue weighted by Crippen LogP contribution is 2.32. The van der Waals surface area contributed by atoms with Crippen LogP contribution in [0.1, 0.15) is 30.7 Å². The molecule has 0 aliphatic carbocycles. The van der Waals surface area contributed by atoms with Gasteiger partial charge in [0.05, 0.1) is 6.61 Å². The van der Waals surface area contributed by atoms with Crippen LogP contribution in [0.15, 0.2) is 36.1 Å². The maximum atomic E-state index is 11.2. The fourth-order valence-electron chi connectivity index (χ4n) is 2.28. The molecule has 0 amide bonds. The van der Waals surface area contributed by atoms with Crippen LogP contribution in [0.25, 0.3) is 0 Å². The molecule has 120 valence electrons. The van der Waals surface area contributed by atoms with Crippen LogP contribution in [0.5, 0.6) is 0 Å². The molecule has 1 aliphatic rings. The van der Waals surface area contributed by atoms with Crippen LogP contribution in [0.3, 0.4) is 0 Å². The van der Waals surface area contributed by atoms with E-state index in [9.17, 15) is 9.90 Å². The topological polar surface area (TPSA) is 76.0 Å². The lowest BCUT2D eigenvalue weighted by atomic mass is 9.93. The normalized spacial score (nSPS) is 21.1. The molecule has 0 saturated carbocycles. The standard InChI is InChI=1S/C16H19ClO5/c17-13-5-3-11(4-6-13)12-9-14(16(19)20)22-15(10-12)21-8-2-1-7-18/h3-6,9,12,15,18H,1-2,7-8,10H2,(H,19,20)/t12-,15+/m0/s1. The van der Waals surface area contributed by atoms with E-state index in [2.05, 4.69) is 0 Å². The molecule has 6 heteroatoms. The summed E-state index contributed by atoms with van der Waals surface area (Å²) in [5.74, 6) is -1.30. The van der Waals surface area contributed by atoms with Crippen molar-refractivity contribution >= 4 is 17.6 Å². The molecule has 1 heterocycles. The maximum absolute atomic E-state index is 11.2. The zero-order valence-corrected chi connectivity index (χ0v) is 12.8. The Labute approximate surface area is 134 Å². The van der Waals surface area contributed by atoms with Crippen LogP contribution in [0.2, 0.25) is 5.02 Å². The third kappa shape index (κ3) is 4.73. The highest BCUT2D eigenvalue weighted by atomic mass is 35.5. The Bertz CT molecular complexity index is 526. The summed E-state index contributed by atoms with van der Waals surface area (Å²) in [6.07, 6.45) is 2.88. The van der Waals surface area contributed by atoms with Gasteiger partial charge in [-0.25, -0.2) is 4.79 Å². The van der Waals surface area contributed by atoms with Gasteiger partial charge < -0.3 is 19.7 Å². The predicted molar refractivity (Wildman–Crippen MR) is 81.7 cm³/mol. The summed E-state index contributed by atoms with van der Waals surface area (Å²) in [4.78, 5) is 11.2. The number of carboxylic acids is 1. The van der Waals surface area contributed by atoms with E-state index in [1.165, 1.54) is 0 Å². The predicted octanol–water partition coefficient (Wildman–Crippen LogP) is 2.93. The summed E-state index contributed by atoms with van der Waals surface area (Å²) in [5, 5.41) is 18.6. The maximum Gasteiger partial charge on any atom is 0.370 e. The number of rotatable bonds is 7. The Morgan fingerprint density at radius 2 is 2.05 bits per heavy atom. The van der Waals surface area contributed by atoms with Crippen molar-refractivity contribution in [2.24, 2.45) is 0 Å². The van der Waals surface area contributed by atoms with Gasteiger partial charge in [0, 0.05) is 24.0 Å². The quantitative estimate of drug-likeness (QED) is 0.753. The van der Waals surface area contributed by atoms with Crippen molar-refractivity contribution in [3.63, 3.8) is 0 Å². The van der Waals surface area contributed by atoms with Crippen LogP contribution in [0.4, 0.5) is 0 Å². The van der Waals surface area contributed by atoms with E-state index in [4.69, 9.17) is 26.2 Å². The summed E-state index contributed by atoms with van der Waals surface area (Å²) in [7, 11) is 0. The summed E-state index contributed by atoms with van der Waals surface area (Å²) < 4.78 is 10.9. The molecule has 0 radical (unpaired) electrons. The smallest absolute Gasteiger partial charge is 0.370 e. The lowest BCUT2D eigenvalue weighted by molar-refractivity contribution is -0.157. The van der Waals surface area contributed by atoms with Gasteiger partial charge in [-0.15, -0.1) is 0 Å². The fourth-order valence-corrected chi connectivity index (χ4v) is 2.41. The van der Waals surface area contributed by atoms with Crippen molar-refractivity contribution in [2.75, 3.05) is 13.2 Å². The second kappa shape index (κ2) is 8.17. The number of ether oxygens (including phenoxy) is 2. The molecular weight excluding hydrogens is 308 g/mol. The molecular formula is C16H19ClO5. The molecule has 0 unspecified atom stereocenters. The fraction of sp³-hybridized carbons (Fsp3) is 0.438. The van der Waals surface area contributed by atoms with Gasteiger partial charge >= 0.3 is 5.97 Å². The number of allylic oxidation sites excluding steroid dienone is 1. The molecule has 0 saturated heterocycles. The molecule has 2 N–H and O–H groups in total. The van der Waals surface area contributed by atoms with E-state index < -0.39 is 12.3 Å². The van der Waals surface area contributed by atoms with Crippen molar-refractivity contribution in [3.8, 4) is 0 Å². The van der Waals surface area contributed by atoms with Crippen LogP contribution in [-0.2, 0) is 14.3 Å². The number of aliphatic hydroxyl groups is 1. The van der Waals surface area contributed by atoms with E-state index >= 15 is 0 Å². The molecule has 2 atom stereocenters. The molecule has 2 rings (SSSR count). The van der Waals surface area contributed by atoms with Crippen molar-refractivity contribution in [3.05, 3.63) is 46.7 Å². The Morgan fingerprint density at radius 3 is 2.68 bits per heavy atom. The van der Waals surface area contributed by atoms with Gasteiger partial charge in [-0.05, 0) is 36.6 Å². The van der Waals surface area contributed by atoms with Crippen LogP contribution in [-0.4, -0.2) is 35.7 Å². The first-order valence-corrected chi connectivity index (χ1v) is 7.57. The van der Waals surface area contributed by atoms with E-state index in [0.717, 1.165) is 5.56 Å². The number of hydrogen-bond acceptors (Lipinski definition) is 4. The lowest BCUT2D eigenvalue weighted by Gasteiger charge is -2.28. The summed E-state index contributed by atoms with van der Waals surface area (Å²) >= 11 is 5.88. The summed E-state index contributed by atoms with van der Waals surface area (Å²) in [5.41, 5.74) is 0.968. The third-order valence-corrected chi connectivity index (χ3v) is 3.67. The minimum atomic E-state index is -1.11. The second-order valence-corrected chi connectivity index (χ2v) is 5.52. The third-order valence-electron chi connectivity index (χ3n) is 3.42. The average Bonchev–Trinajstić information content (AvgIpc) is 2.52. The van der Waals surface area contributed by atoms with Crippen LogP contribution in [0, 0.1) is 0 Å². The number of hydrogen-bond donors (Lipinski definition) is 2. The number of aliphatic carboxylic acids is 1. The first-order chi connectivity index (χ1) is 10.6. The molecule has 0 spiro atoms. The van der Waals surface area contributed by atoms with E-state index in [1.54, 1.807) is 18.2 Å². The SMILES string of the molecule is O=C(O)C1=C[C@H](c2ccc(Cl)cc2)C[C@H](OCCCCO)O1. The molecule has 1 aromatic carbocycles. The van der Waals surface area contributed by atoms with Gasteiger partial charge in [0.25, 0.3) is 0 Å². The zero-order valence-electron chi connectivity index (χ0n) is 12.1. The molecule has 0 bridgehead atoms. The number of benzene rings is 1. The summed E-state index contributed by atoms with van der Waals surface area (Å²) in [6.45, 7) is 0.536. The van der Waals surface area contributed by atoms with Crippen molar-refractivity contribution in [1.29, 1.82) is 0 Å². The van der Waals surface area contributed by atoms with Crippen LogP contribution >= 0.6 is 11.6 Å². The van der Waals surface area contributed by atoms with Gasteiger partial charge in [-0.3, -0.25) is 0 Å². The molecule has 1 aromatic rings. The number of aliphatic hydroxyl groups excluding tert-OH is 1. The summed E-state index contributed by atoms with van der Waals surface area (Å²) in [6, 6.07) is 7.30. The molecule has 5 nitrogen and oxygen atoms in total. The van der Waals surface area contributed by atoms with Crippen LogP contribution < -0.4 is 0 Å². The largest absolute Gasteiger partial charge is 0.475 e. The monoisotopic (exact) mass is 326 g/mol. The Kier molecular flexibility index (Phi) is 6.24. The zero-order chi connectivity index (χ0) is 15.9. The van der Waals surface area contributed by atoms with E-state index in [0.29, 0.717) is 30.9 Å². The number of carbonyl (C=O) groups is 1. The van der Waals surface area contributed by atoms with Gasteiger partial charge in [0.15, 0.2) is 0 Å². The van der Waals surface area contributed by atoms with E-state index in [-0.39, 0.29) is 18.3 Å². The first-order valence-electron chi connectivity index (χ1n) is 7.20. The molecule has 0 aromatic heterocycles. The van der Waals surface area contributed by atoms with Gasteiger partial charge in [-0.1, -0.05) is 23.7 Å². The minimum absolute atomic E-state index is 0.0973. The Morgan fingerprint density at radius 1 is 1.32 bits per heavy atom. The minimum Gasteiger partial charge on any atom is -0.475 e. The second-order valence-electron chi connectivity index (χ2n) is 5.08. The lowest BCUT2D eigenvalue weighted by Crippen LogP contribution is -2.27. The van der Waals surface area contributed by atoms with Crippen molar-refractivity contribution in [1.82, 2.24) is 0 Å². The molecule has 1 aliphatic heterocycles. The number of unbranched alkanes of at least 4 members (excludes halogenated alkanes) is 1. The highest BCUT2D eigenvalue weighted by molar-refractivity contribution is 6.30. The van der Waals surface area contributed by atoms with Gasteiger partial charge in [0.1, 0.15) is 0 Å². The van der Waals surface area contributed by atoms with E-state index in [1.807, 2.05) is 12.1 Å². The van der Waals surface area contributed by atoms with Gasteiger partial charge in [0.2, 0.25) is 12.0 Å². The van der Waals surface area contributed by atoms with Crippen molar-refractivity contribution in [2.45, 2.75) is 31.5 Å². The average molecular weight is 327 g/mol. The Hall–Kier alpha value is -1.56.